The Hall–Kier alpha value is -2.28. The molecule has 3 N–H and O–H groups in total. The number of carbonyl (C=O) groups excluding carboxylic acids is 1. The van der Waals surface area contributed by atoms with Crippen molar-refractivity contribution >= 4 is 12.0 Å². The lowest BCUT2D eigenvalue weighted by atomic mass is 10.00. The first-order chi connectivity index (χ1) is 12.1. The molecule has 3 heterocycles. The molecule has 7 heteroatoms. The highest BCUT2D eigenvalue weighted by molar-refractivity contribution is 5.88. The molecule has 1 fully saturated rings. The van der Waals surface area contributed by atoms with Gasteiger partial charge in [0.05, 0.1) is 0 Å². The van der Waals surface area contributed by atoms with Crippen LogP contribution in [0, 0.1) is 5.92 Å². The number of dihydropyridines is 1. The maximum absolute atomic E-state index is 12.1. The summed E-state index contributed by atoms with van der Waals surface area (Å²) in [6.45, 7) is 4.90. The van der Waals surface area contributed by atoms with Crippen molar-refractivity contribution in [2.75, 3.05) is 39.3 Å². The Bertz CT molecular complexity index is 591. The molecular weight excluding hydrogens is 320 g/mol. The molecule has 2 amide bonds. The number of hydrogen-bond acceptors (Lipinski definition) is 4. The van der Waals surface area contributed by atoms with Gasteiger partial charge in [-0.05, 0) is 36.8 Å². The second-order valence-electron chi connectivity index (χ2n) is 6.93. The van der Waals surface area contributed by atoms with Gasteiger partial charge >= 0.3 is 6.09 Å². The summed E-state index contributed by atoms with van der Waals surface area (Å²) in [7, 11) is 0. The Morgan fingerprint density at radius 1 is 1.36 bits per heavy atom. The van der Waals surface area contributed by atoms with Crippen LogP contribution in [-0.4, -0.2) is 72.2 Å². The van der Waals surface area contributed by atoms with Gasteiger partial charge in [0.15, 0.2) is 0 Å². The summed E-state index contributed by atoms with van der Waals surface area (Å²) in [6.07, 6.45) is 10.4. The molecule has 136 valence electrons. The Balaban J connectivity index is 1.48. The summed E-state index contributed by atoms with van der Waals surface area (Å²) in [5.41, 5.74) is 1.21. The second-order valence-corrected chi connectivity index (χ2v) is 6.93. The Morgan fingerprint density at radius 3 is 2.84 bits per heavy atom. The number of hydrogen-bond donors (Lipinski definition) is 3. The third-order valence-corrected chi connectivity index (χ3v) is 4.95. The lowest BCUT2D eigenvalue weighted by molar-refractivity contribution is -0.126. The van der Waals surface area contributed by atoms with Gasteiger partial charge < -0.3 is 25.5 Å². The van der Waals surface area contributed by atoms with Gasteiger partial charge in [0.1, 0.15) is 0 Å². The van der Waals surface area contributed by atoms with E-state index in [4.69, 9.17) is 5.11 Å². The highest BCUT2D eigenvalue weighted by Gasteiger charge is 2.26. The maximum atomic E-state index is 12.1. The second kappa shape index (κ2) is 8.20. The maximum Gasteiger partial charge on any atom is 0.404 e. The fourth-order valence-electron chi connectivity index (χ4n) is 3.64. The average Bonchev–Trinajstić information content (AvgIpc) is 2.60. The van der Waals surface area contributed by atoms with E-state index in [9.17, 15) is 9.59 Å². The van der Waals surface area contributed by atoms with Gasteiger partial charge in [-0.25, -0.2) is 4.79 Å². The van der Waals surface area contributed by atoms with Crippen molar-refractivity contribution in [2.45, 2.75) is 18.9 Å². The van der Waals surface area contributed by atoms with Crippen molar-refractivity contribution in [2.24, 2.45) is 5.92 Å². The minimum atomic E-state index is -0.941. The highest BCUT2D eigenvalue weighted by atomic mass is 16.4. The summed E-state index contributed by atoms with van der Waals surface area (Å²) in [6, 6.07) is 0.0625. The van der Waals surface area contributed by atoms with E-state index in [1.165, 1.54) is 5.57 Å². The summed E-state index contributed by atoms with van der Waals surface area (Å²) >= 11 is 0. The fraction of sp³-hybridized carbons (Fsp3) is 0.556. The minimum absolute atomic E-state index is 0.0625. The quantitative estimate of drug-likeness (QED) is 0.685. The van der Waals surface area contributed by atoms with Crippen LogP contribution in [0.3, 0.4) is 0 Å². The fourth-order valence-corrected chi connectivity index (χ4v) is 3.64. The number of likely N-dealkylation sites (tertiary alicyclic amines) is 1. The molecule has 3 aliphatic rings. The lowest BCUT2D eigenvalue weighted by Gasteiger charge is -2.36. The third-order valence-electron chi connectivity index (χ3n) is 4.95. The molecule has 7 nitrogen and oxygen atoms in total. The van der Waals surface area contributed by atoms with Crippen molar-refractivity contribution in [3.63, 3.8) is 0 Å². The van der Waals surface area contributed by atoms with Crippen LogP contribution >= 0.6 is 0 Å². The van der Waals surface area contributed by atoms with Crippen molar-refractivity contribution in [1.82, 2.24) is 20.4 Å². The topological polar surface area (TPSA) is 84.9 Å². The van der Waals surface area contributed by atoms with E-state index < -0.39 is 6.09 Å². The van der Waals surface area contributed by atoms with Gasteiger partial charge in [-0.15, -0.1) is 0 Å². The van der Waals surface area contributed by atoms with Crippen LogP contribution in [0.1, 0.15) is 12.8 Å². The van der Waals surface area contributed by atoms with Crippen LogP contribution in [-0.2, 0) is 4.79 Å². The van der Waals surface area contributed by atoms with E-state index in [-0.39, 0.29) is 11.9 Å². The number of piperidine rings is 1. The highest BCUT2D eigenvalue weighted by Crippen LogP contribution is 2.17. The zero-order valence-electron chi connectivity index (χ0n) is 14.4. The molecule has 0 aromatic carbocycles. The third kappa shape index (κ3) is 5.09. The number of nitrogens with one attached hydrogen (secondary N) is 2. The van der Waals surface area contributed by atoms with Gasteiger partial charge in [0.2, 0.25) is 5.91 Å². The minimum Gasteiger partial charge on any atom is -0.465 e. The zero-order chi connectivity index (χ0) is 17.6. The van der Waals surface area contributed by atoms with E-state index in [2.05, 4.69) is 21.6 Å². The molecule has 1 saturated heterocycles. The SMILES string of the molecule is O=C(O)NC1CCN(CC2C=CC(=O)N(CC3=CC=CNC3)C2)CC1. The average molecular weight is 346 g/mol. The van der Waals surface area contributed by atoms with E-state index in [0.29, 0.717) is 12.5 Å². The van der Waals surface area contributed by atoms with Gasteiger partial charge in [-0.1, -0.05) is 12.2 Å². The molecule has 0 radical (unpaired) electrons. The molecule has 1 unspecified atom stereocenters. The molecule has 0 aromatic heterocycles. The number of carbonyl (C=O) groups is 2. The number of amides is 2. The summed E-state index contributed by atoms with van der Waals surface area (Å²) < 4.78 is 0. The van der Waals surface area contributed by atoms with E-state index >= 15 is 0 Å². The normalized spacial score (nSPS) is 24.8. The van der Waals surface area contributed by atoms with Crippen molar-refractivity contribution in [3.05, 3.63) is 36.1 Å². The molecule has 1 atom stereocenters. The number of rotatable bonds is 5. The summed E-state index contributed by atoms with van der Waals surface area (Å²) in [5.74, 6) is 0.408. The van der Waals surface area contributed by atoms with Crippen molar-refractivity contribution in [3.8, 4) is 0 Å². The summed E-state index contributed by atoms with van der Waals surface area (Å²) in [4.78, 5) is 27.1. The number of carboxylic acid groups (broad SMARTS) is 1. The van der Waals surface area contributed by atoms with Crippen LogP contribution in [0.5, 0.6) is 0 Å². The molecule has 0 aliphatic carbocycles. The van der Waals surface area contributed by atoms with Crippen LogP contribution < -0.4 is 10.6 Å². The smallest absolute Gasteiger partial charge is 0.404 e. The Labute approximate surface area is 148 Å². The predicted octanol–water partition coefficient (Wildman–Crippen LogP) is 0.776. The van der Waals surface area contributed by atoms with Crippen molar-refractivity contribution in [1.29, 1.82) is 0 Å². The van der Waals surface area contributed by atoms with E-state index in [0.717, 1.165) is 45.6 Å². The monoisotopic (exact) mass is 346 g/mol. The molecule has 0 spiro atoms. The Morgan fingerprint density at radius 2 is 2.16 bits per heavy atom. The predicted molar refractivity (Wildman–Crippen MR) is 95.1 cm³/mol. The first kappa shape index (κ1) is 17.5. The van der Waals surface area contributed by atoms with Crippen LogP contribution in [0.25, 0.3) is 0 Å². The van der Waals surface area contributed by atoms with Crippen LogP contribution in [0.15, 0.2) is 36.1 Å². The number of allylic oxidation sites excluding steroid dienone is 2. The molecule has 0 aromatic rings. The zero-order valence-corrected chi connectivity index (χ0v) is 14.4. The molecular formula is C18H26N4O3. The molecule has 3 rings (SSSR count). The van der Waals surface area contributed by atoms with E-state index in [1.54, 1.807) is 6.08 Å². The molecule has 0 bridgehead atoms. The molecule has 3 aliphatic heterocycles. The first-order valence-corrected chi connectivity index (χ1v) is 8.87. The van der Waals surface area contributed by atoms with E-state index in [1.807, 2.05) is 23.3 Å². The Kier molecular flexibility index (Phi) is 5.75. The standard InChI is InChI=1S/C18H26N4O3/c23-17-4-3-15(13-22(17)12-14-2-1-7-19-10-14)11-21-8-5-16(6-9-21)20-18(24)25/h1-4,7,15-16,19-20H,5-6,8-13H2,(H,24,25). The lowest BCUT2D eigenvalue weighted by Crippen LogP contribution is -2.47. The summed E-state index contributed by atoms with van der Waals surface area (Å²) in [5, 5.41) is 14.5. The van der Waals surface area contributed by atoms with Gasteiger partial charge in [0.25, 0.3) is 0 Å². The van der Waals surface area contributed by atoms with Crippen LogP contribution in [0.2, 0.25) is 0 Å². The van der Waals surface area contributed by atoms with Gasteiger partial charge in [0, 0.05) is 51.2 Å². The van der Waals surface area contributed by atoms with Crippen LogP contribution in [0.4, 0.5) is 4.79 Å². The van der Waals surface area contributed by atoms with Gasteiger partial charge in [-0.3, -0.25) is 4.79 Å². The first-order valence-electron chi connectivity index (χ1n) is 8.87. The largest absolute Gasteiger partial charge is 0.465 e. The van der Waals surface area contributed by atoms with Crippen molar-refractivity contribution < 1.29 is 14.7 Å². The number of nitrogens with zero attached hydrogens (tertiary/aromatic N) is 2. The molecule has 0 saturated carbocycles. The van der Waals surface area contributed by atoms with Gasteiger partial charge in [-0.2, -0.15) is 0 Å². The molecule has 25 heavy (non-hydrogen) atoms.